The smallest absolute Gasteiger partial charge is 0.412 e. The Balaban J connectivity index is 1.75. The van der Waals surface area contributed by atoms with Crippen molar-refractivity contribution in [2.24, 2.45) is 0 Å². The number of hydrogen-bond acceptors (Lipinski definition) is 5. The summed E-state index contributed by atoms with van der Waals surface area (Å²) in [6, 6.07) is 20.1. The molecule has 0 spiro atoms. The number of aliphatic hydroxyl groups is 1. The molecule has 0 radical (unpaired) electrons. The highest BCUT2D eigenvalue weighted by Gasteiger charge is 2.17. The van der Waals surface area contributed by atoms with E-state index in [4.69, 9.17) is 19.7 Å². The Hall–Kier alpha value is -3.84. The maximum absolute atomic E-state index is 12.6. The largest absolute Gasteiger partial charge is 0.491 e. The molecule has 1 atom stereocenters. The number of carboxylic acids is 1. The quantitative estimate of drug-likeness (QED) is 0.439. The highest BCUT2D eigenvalue weighted by Crippen LogP contribution is 2.27. The zero-order valence-electron chi connectivity index (χ0n) is 16.7. The molecule has 7 heteroatoms. The first-order valence-corrected chi connectivity index (χ1v) is 9.75. The van der Waals surface area contributed by atoms with Gasteiger partial charge in [0.15, 0.2) is 0 Å². The number of benzene rings is 3. The third kappa shape index (κ3) is 6.32. The number of nitrogens with one attached hydrogen (secondary N) is 1. The Morgan fingerprint density at radius 1 is 1.00 bits per heavy atom. The van der Waals surface area contributed by atoms with Crippen LogP contribution in [0, 0.1) is 0 Å². The van der Waals surface area contributed by atoms with Crippen LogP contribution in [0.25, 0.3) is 10.8 Å². The zero-order chi connectivity index (χ0) is 22.1. The summed E-state index contributed by atoms with van der Waals surface area (Å²) in [4.78, 5) is 23.4. The lowest BCUT2D eigenvalue weighted by Crippen LogP contribution is -2.17. The van der Waals surface area contributed by atoms with E-state index in [2.05, 4.69) is 5.32 Å². The average molecular weight is 421 g/mol. The first-order valence-electron chi connectivity index (χ1n) is 9.75. The second kappa shape index (κ2) is 10.8. The van der Waals surface area contributed by atoms with Gasteiger partial charge in [0.25, 0.3) is 0 Å². The van der Waals surface area contributed by atoms with E-state index < -0.39 is 18.2 Å². The minimum Gasteiger partial charge on any atom is -0.491 e. The van der Waals surface area contributed by atoms with Crippen molar-refractivity contribution in [1.82, 2.24) is 0 Å². The SMILES string of the molecule is O=C(O)/C=C/C[C@@H](OC(=O)Nc1cccc2ccccc12)c1ccc(OCCO)cc1. The van der Waals surface area contributed by atoms with Gasteiger partial charge in [-0.25, -0.2) is 9.59 Å². The number of carbonyl (C=O) groups excluding carboxylic acids is 1. The van der Waals surface area contributed by atoms with Crippen LogP contribution in [-0.2, 0) is 9.53 Å². The van der Waals surface area contributed by atoms with Gasteiger partial charge in [0.05, 0.1) is 12.3 Å². The zero-order valence-corrected chi connectivity index (χ0v) is 16.7. The van der Waals surface area contributed by atoms with Crippen LogP contribution in [0.3, 0.4) is 0 Å². The van der Waals surface area contributed by atoms with Crippen molar-refractivity contribution in [2.45, 2.75) is 12.5 Å². The number of rotatable bonds is 9. The van der Waals surface area contributed by atoms with Crippen molar-refractivity contribution in [1.29, 1.82) is 0 Å². The van der Waals surface area contributed by atoms with Crippen molar-refractivity contribution >= 4 is 28.5 Å². The van der Waals surface area contributed by atoms with Crippen molar-refractivity contribution < 1.29 is 29.3 Å². The predicted molar refractivity (Wildman–Crippen MR) is 117 cm³/mol. The van der Waals surface area contributed by atoms with Gasteiger partial charge in [-0.15, -0.1) is 0 Å². The summed E-state index contributed by atoms with van der Waals surface area (Å²) < 4.78 is 11.0. The maximum Gasteiger partial charge on any atom is 0.412 e. The first-order chi connectivity index (χ1) is 15.1. The molecule has 0 aliphatic carbocycles. The van der Waals surface area contributed by atoms with Gasteiger partial charge in [-0.1, -0.05) is 54.6 Å². The molecule has 0 aliphatic rings. The van der Waals surface area contributed by atoms with Gasteiger partial charge in [-0.3, -0.25) is 5.32 Å². The van der Waals surface area contributed by atoms with Gasteiger partial charge >= 0.3 is 12.1 Å². The fraction of sp³-hybridized carbons (Fsp3) is 0.167. The molecule has 0 saturated heterocycles. The monoisotopic (exact) mass is 421 g/mol. The summed E-state index contributed by atoms with van der Waals surface area (Å²) in [5.41, 5.74) is 1.30. The second-order valence-corrected chi connectivity index (χ2v) is 6.66. The molecule has 0 aromatic heterocycles. The fourth-order valence-corrected chi connectivity index (χ4v) is 3.09. The Morgan fingerprint density at radius 2 is 1.74 bits per heavy atom. The van der Waals surface area contributed by atoms with Crippen LogP contribution < -0.4 is 10.1 Å². The molecule has 0 bridgehead atoms. The van der Waals surface area contributed by atoms with Crippen LogP contribution in [0.5, 0.6) is 5.75 Å². The second-order valence-electron chi connectivity index (χ2n) is 6.66. The van der Waals surface area contributed by atoms with E-state index >= 15 is 0 Å². The van der Waals surface area contributed by atoms with Gasteiger partial charge in [0.2, 0.25) is 0 Å². The average Bonchev–Trinajstić information content (AvgIpc) is 2.77. The lowest BCUT2D eigenvalue weighted by Gasteiger charge is -2.18. The number of carbonyl (C=O) groups is 2. The summed E-state index contributed by atoms with van der Waals surface area (Å²) in [5, 5.41) is 22.3. The van der Waals surface area contributed by atoms with Crippen molar-refractivity contribution in [3.8, 4) is 5.75 Å². The summed E-state index contributed by atoms with van der Waals surface area (Å²) in [6.07, 6.45) is 1.29. The van der Waals surface area contributed by atoms with E-state index in [-0.39, 0.29) is 19.6 Å². The fourth-order valence-electron chi connectivity index (χ4n) is 3.09. The minimum absolute atomic E-state index is 0.0954. The summed E-state index contributed by atoms with van der Waals surface area (Å²) in [7, 11) is 0. The maximum atomic E-state index is 12.6. The van der Waals surface area contributed by atoms with Crippen molar-refractivity contribution in [3.05, 3.63) is 84.4 Å². The third-order valence-electron chi connectivity index (χ3n) is 4.50. The Morgan fingerprint density at radius 3 is 2.48 bits per heavy atom. The van der Waals surface area contributed by atoms with E-state index in [1.807, 2.05) is 36.4 Å². The standard InChI is InChI=1S/C24H23NO6/c26-15-16-30-19-13-11-18(12-14-19)22(9-4-10-23(27)28)31-24(29)25-21-8-3-6-17-5-1-2-7-20(17)21/h1-8,10-14,22,26H,9,15-16H2,(H,25,29)(H,27,28)/b10-4+/t22-/m1/s1. The van der Waals surface area contributed by atoms with Crippen LogP contribution in [0.1, 0.15) is 18.1 Å². The van der Waals surface area contributed by atoms with Gasteiger partial charge in [-0.2, -0.15) is 0 Å². The Labute approximate surface area is 179 Å². The van der Waals surface area contributed by atoms with E-state index in [9.17, 15) is 9.59 Å². The molecule has 160 valence electrons. The van der Waals surface area contributed by atoms with E-state index in [1.54, 1.807) is 30.3 Å². The van der Waals surface area contributed by atoms with Crippen LogP contribution in [0.15, 0.2) is 78.9 Å². The molecule has 3 aromatic rings. The van der Waals surface area contributed by atoms with Crippen LogP contribution in [-0.4, -0.2) is 35.5 Å². The number of ether oxygens (including phenoxy) is 2. The molecule has 0 fully saturated rings. The molecular weight excluding hydrogens is 398 g/mol. The summed E-state index contributed by atoms with van der Waals surface area (Å²) in [6.45, 7) is 0.0792. The molecule has 3 aromatic carbocycles. The lowest BCUT2D eigenvalue weighted by atomic mass is 10.1. The minimum atomic E-state index is -1.08. The number of hydrogen-bond donors (Lipinski definition) is 3. The lowest BCUT2D eigenvalue weighted by molar-refractivity contribution is -0.131. The Kier molecular flexibility index (Phi) is 7.61. The molecule has 0 saturated carbocycles. The first kappa shape index (κ1) is 21.9. The Bertz CT molecular complexity index is 1060. The van der Waals surface area contributed by atoms with E-state index in [0.29, 0.717) is 17.0 Å². The van der Waals surface area contributed by atoms with Gasteiger partial charge in [-0.05, 0) is 29.1 Å². The van der Waals surface area contributed by atoms with Gasteiger partial charge in [0.1, 0.15) is 18.5 Å². The highest BCUT2D eigenvalue weighted by molar-refractivity contribution is 6.00. The predicted octanol–water partition coefficient (Wildman–Crippen LogP) is 4.53. The van der Waals surface area contributed by atoms with Crippen LogP contribution in [0.4, 0.5) is 10.5 Å². The van der Waals surface area contributed by atoms with Crippen LogP contribution >= 0.6 is 0 Å². The molecule has 3 N–H and O–H groups in total. The molecule has 7 nitrogen and oxygen atoms in total. The number of aliphatic hydroxyl groups excluding tert-OH is 1. The molecule has 0 unspecified atom stereocenters. The normalized spacial score (nSPS) is 11.9. The number of carboxylic acid groups (broad SMARTS) is 1. The number of fused-ring (bicyclic) bond motifs is 1. The molecule has 3 rings (SSSR count). The molecule has 0 aliphatic heterocycles. The van der Waals surface area contributed by atoms with Crippen molar-refractivity contribution in [2.75, 3.05) is 18.5 Å². The molecule has 31 heavy (non-hydrogen) atoms. The number of anilines is 1. The molecular formula is C24H23NO6. The topological polar surface area (TPSA) is 105 Å². The summed E-state index contributed by atoms with van der Waals surface area (Å²) in [5.74, 6) is -0.510. The number of aliphatic carboxylic acids is 1. The number of amides is 1. The van der Waals surface area contributed by atoms with Crippen LogP contribution in [0.2, 0.25) is 0 Å². The van der Waals surface area contributed by atoms with E-state index in [0.717, 1.165) is 16.8 Å². The van der Waals surface area contributed by atoms with Gasteiger partial charge < -0.3 is 19.7 Å². The van der Waals surface area contributed by atoms with Crippen molar-refractivity contribution in [3.63, 3.8) is 0 Å². The molecule has 0 heterocycles. The van der Waals surface area contributed by atoms with E-state index in [1.165, 1.54) is 6.08 Å². The summed E-state index contributed by atoms with van der Waals surface area (Å²) >= 11 is 0. The molecule has 1 amide bonds. The third-order valence-corrected chi connectivity index (χ3v) is 4.50. The highest BCUT2D eigenvalue weighted by atomic mass is 16.6. The van der Waals surface area contributed by atoms with Gasteiger partial charge in [0, 0.05) is 17.9 Å².